The third kappa shape index (κ3) is 5.38. The van der Waals surface area contributed by atoms with Crippen LogP contribution in [0, 0.1) is 0 Å². The molecular formula is C18H21N5O2S2. The van der Waals surface area contributed by atoms with Crippen LogP contribution in [0.25, 0.3) is 11.3 Å². The maximum Gasteiger partial charge on any atom is 0.239 e. The van der Waals surface area contributed by atoms with Crippen molar-refractivity contribution in [2.45, 2.75) is 30.3 Å². The Morgan fingerprint density at radius 1 is 1.37 bits per heavy atom. The molecule has 1 amide bonds. The highest BCUT2D eigenvalue weighted by atomic mass is 32.2. The van der Waals surface area contributed by atoms with Gasteiger partial charge in [-0.3, -0.25) is 4.79 Å². The average Bonchev–Trinajstić information content (AvgIpc) is 3.32. The summed E-state index contributed by atoms with van der Waals surface area (Å²) in [4.78, 5) is 17.0. The molecule has 1 unspecified atom stereocenters. The summed E-state index contributed by atoms with van der Waals surface area (Å²) in [6, 6.07) is 9.89. The number of carbonyl (C=O) groups excluding carboxylic acids is 1. The summed E-state index contributed by atoms with van der Waals surface area (Å²) in [7, 11) is 1.68. The van der Waals surface area contributed by atoms with Crippen LogP contribution in [-0.2, 0) is 16.1 Å². The molecule has 0 spiro atoms. The van der Waals surface area contributed by atoms with Crippen molar-refractivity contribution in [1.82, 2.24) is 19.7 Å². The van der Waals surface area contributed by atoms with E-state index in [1.165, 1.54) is 23.1 Å². The van der Waals surface area contributed by atoms with Gasteiger partial charge in [0.05, 0.1) is 10.9 Å². The van der Waals surface area contributed by atoms with E-state index in [-0.39, 0.29) is 11.2 Å². The number of benzene rings is 1. The van der Waals surface area contributed by atoms with Gasteiger partial charge in [-0.1, -0.05) is 42.1 Å². The molecule has 9 heteroatoms. The Kier molecular flexibility index (Phi) is 6.97. The molecule has 0 radical (unpaired) electrons. The highest BCUT2D eigenvalue weighted by molar-refractivity contribution is 8.00. The number of thioether (sulfide) groups is 1. The van der Waals surface area contributed by atoms with E-state index in [9.17, 15) is 4.79 Å². The van der Waals surface area contributed by atoms with Crippen LogP contribution in [0.5, 0.6) is 0 Å². The molecule has 0 aliphatic carbocycles. The first-order valence-corrected chi connectivity index (χ1v) is 10.3. The first kappa shape index (κ1) is 19.5. The molecule has 1 N–H and O–H groups in total. The fourth-order valence-electron chi connectivity index (χ4n) is 2.36. The summed E-state index contributed by atoms with van der Waals surface area (Å²) >= 11 is 2.79. The number of nitrogens with zero attached hydrogens (tertiary/aromatic N) is 4. The van der Waals surface area contributed by atoms with Crippen molar-refractivity contribution in [3.05, 3.63) is 42.0 Å². The van der Waals surface area contributed by atoms with Crippen molar-refractivity contribution in [1.29, 1.82) is 0 Å². The highest BCUT2D eigenvalue weighted by Gasteiger charge is 2.19. The van der Waals surface area contributed by atoms with Crippen molar-refractivity contribution in [3.63, 3.8) is 0 Å². The minimum atomic E-state index is -0.320. The largest absolute Gasteiger partial charge is 0.385 e. The molecule has 1 atom stereocenters. The first-order chi connectivity index (χ1) is 13.2. The van der Waals surface area contributed by atoms with Gasteiger partial charge in [0.1, 0.15) is 6.33 Å². The molecule has 0 saturated heterocycles. The van der Waals surface area contributed by atoms with Crippen LogP contribution < -0.4 is 5.32 Å². The third-order valence-electron chi connectivity index (χ3n) is 3.78. The van der Waals surface area contributed by atoms with Gasteiger partial charge in [0.25, 0.3) is 0 Å². The predicted octanol–water partition coefficient (Wildman–Crippen LogP) is 3.56. The molecule has 7 nitrogen and oxygen atoms in total. The second-order valence-electron chi connectivity index (χ2n) is 5.81. The fourth-order valence-corrected chi connectivity index (χ4v) is 3.93. The zero-order valence-corrected chi connectivity index (χ0v) is 16.8. The van der Waals surface area contributed by atoms with Crippen LogP contribution >= 0.6 is 23.1 Å². The van der Waals surface area contributed by atoms with E-state index in [4.69, 9.17) is 4.74 Å². The number of hydrogen-bond donors (Lipinski definition) is 1. The van der Waals surface area contributed by atoms with E-state index in [1.807, 2.05) is 47.2 Å². The van der Waals surface area contributed by atoms with Crippen LogP contribution in [0.4, 0.5) is 5.13 Å². The summed E-state index contributed by atoms with van der Waals surface area (Å²) in [6.07, 6.45) is 2.54. The number of methoxy groups -OCH3 is 1. The van der Waals surface area contributed by atoms with Gasteiger partial charge in [0.15, 0.2) is 10.3 Å². The maximum absolute atomic E-state index is 12.5. The lowest BCUT2D eigenvalue weighted by Crippen LogP contribution is -2.22. The number of aromatic nitrogens is 4. The van der Waals surface area contributed by atoms with Crippen molar-refractivity contribution < 1.29 is 9.53 Å². The Labute approximate surface area is 166 Å². The zero-order chi connectivity index (χ0) is 19.1. The molecule has 0 aliphatic heterocycles. The number of amides is 1. The normalized spacial score (nSPS) is 12.1. The summed E-state index contributed by atoms with van der Waals surface area (Å²) in [5.41, 5.74) is 1.88. The fraction of sp³-hybridized carbons (Fsp3) is 0.333. The van der Waals surface area contributed by atoms with Gasteiger partial charge >= 0.3 is 0 Å². The average molecular weight is 404 g/mol. The number of anilines is 1. The highest BCUT2D eigenvalue weighted by Crippen LogP contribution is 2.26. The van der Waals surface area contributed by atoms with Gasteiger partial charge in [-0.05, 0) is 13.3 Å². The first-order valence-electron chi connectivity index (χ1n) is 8.52. The minimum Gasteiger partial charge on any atom is -0.385 e. The standard InChI is InChI=1S/C18H21N5O2S2/c1-13(27-18-22-19-12-23(18)9-6-10-25-2)16(24)21-17-20-15(11-26-17)14-7-4-3-5-8-14/h3-5,7-8,11-13H,6,9-10H2,1-2H3,(H,20,21,24). The predicted molar refractivity (Wildman–Crippen MR) is 108 cm³/mol. The number of rotatable bonds is 9. The van der Waals surface area contributed by atoms with E-state index >= 15 is 0 Å². The molecule has 2 aromatic heterocycles. The van der Waals surface area contributed by atoms with E-state index in [1.54, 1.807) is 13.4 Å². The number of nitrogens with one attached hydrogen (secondary N) is 1. The zero-order valence-electron chi connectivity index (χ0n) is 15.2. The number of ether oxygens (including phenoxy) is 1. The number of thiazole rings is 1. The molecular weight excluding hydrogens is 382 g/mol. The van der Waals surface area contributed by atoms with Gasteiger partial charge in [0, 0.05) is 31.2 Å². The summed E-state index contributed by atoms with van der Waals surface area (Å²) in [5.74, 6) is -0.111. The van der Waals surface area contributed by atoms with Crippen LogP contribution in [-0.4, -0.2) is 44.6 Å². The quantitative estimate of drug-likeness (QED) is 0.435. The van der Waals surface area contributed by atoms with Crippen LogP contribution in [0.15, 0.2) is 47.2 Å². The summed E-state index contributed by atoms with van der Waals surface area (Å²) in [5, 5.41) is 13.9. The monoisotopic (exact) mass is 403 g/mol. The lowest BCUT2D eigenvalue weighted by molar-refractivity contribution is -0.115. The molecule has 27 heavy (non-hydrogen) atoms. The van der Waals surface area contributed by atoms with Crippen molar-refractivity contribution in [3.8, 4) is 11.3 Å². The van der Waals surface area contributed by atoms with Gasteiger partial charge in [-0.25, -0.2) is 4.98 Å². The molecule has 0 saturated carbocycles. The van der Waals surface area contributed by atoms with Crippen LogP contribution in [0.2, 0.25) is 0 Å². The second kappa shape index (κ2) is 9.63. The van der Waals surface area contributed by atoms with Gasteiger partial charge in [-0.15, -0.1) is 21.5 Å². The Morgan fingerprint density at radius 3 is 2.96 bits per heavy atom. The molecule has 1 aromatic carbocycles. The SMILES string of the molecule is COCCCn1cnnc1SC(C)C(=O)Nc1nc(-c2ccccc2)cs1. The van der Waals surface area contributed by atoms with Crippen molar-refractivity contribution in [2.75, 3.05) is 19.0 Å². The molecule has 3 rings (SSSR count). The van der Waals surface area contributed by atoms with E-state index in [2.05, 4.69) is 20.5 Å². The van der Waals surface area contributed by atoms with Crippen LogP contribution in [0.1, 0.15) is 13.3 Å². The third-order valence-corrected chi connectivity index (χ3v) is 5.64. The van der Waals surface area contributed by atoms with Crippen molar-refractivity contribution in [2.24, 2.45) is 0 Å². The Hall–Kier alpha value is -2.23. The van der Waals surface area contributed by atoms with Gasteiger partial charge in [-0.2, -0.15) is 0 Å². The number of aryl methyl sites for hydroxylation is 1. The lowest BCUT2D eigenvalue weighted by Gasteiger charge is -2.11. The second-order valence-corrected chi connectivity index (χ2v) is 7.97. The molecule has 0 fully saturated rings. The number of hydrogen-bond acceptors (Lipinski definition) is 7. The Bertz CT molecular complexity index is 866. The summed E-state index contributed by atoms with van der Waals surface area (Å²) in [6.45, 7) is 3.27. The lowest BCUT2D eigenvalue weighted by atomic mass is 10.2. The van der Waals surface area contributed by atoms with Crippen LogP contribution in [0.3, 0.4) is 0 Å². The number of carbonyl (C=O) groups is 1. The van der Waals surface area contributed by atoms with E-state index < -0.39 is 0 Å². The smallest absolute Gasteiger partial charge is 0.239 e. The molecule has 0 bridgehead atoms. The Morgan fingerprint density at radius 2 is 2.19 bits per heavy atom. The minimum absolute atomic E-state index is 0.111. The van der Waals surface area contributed by atoms with E-state index in [0.29, 0.717) is 11.7 Å². The molecule has 0 aliphatic rings. The topological polar surface area (TPSA) is 81.9 Å². The Balaban J connectivity index is 1.57. The van der Waals surface area contributed by atoms with E-state index in [0.717, 1.165) is 29.4 Å². The molecule has 2 heterocycles. The molecule has 3 aromatic rings. The van der Waals surface area contributed by atoms with Crippen molar-refractivity contribution >= 4 is 34.1 Å². The van der Waals surface area contributed by atoms with Gasteiger partial charge in [0.2, 0.25) is 5.91 Å². The molecule has 142 valence electrons. The summed E-state index contributed by atoms with van der Waals surface area (Å²) < 4.78 is 7.00. The van der Waals surface area contributed by atoms with Gasteiger partial charge < -0.3 is 14.6 Å². The maximum atomic E-state index is 12.5.